The van der Waals surface area contributed by atoms with Crippen LogP contribution in [0.25, 0.3) is 0 Å². The molecule has 0 aromatic heterocycles. The number of benzene rings is 1. The molecule has 2 rings (SSSR count). The highest BCUT2D eigenvalue weighted by molar-refractivity contribution is 5.32. The quantitative estimate of drug-likeness (QED) is 0.764. The molecule has 15 heavy (non-hydrogen) atoms. The summed E-state index contributed by atoms with van der Waals surface area (Å²) in [6, 6.07) is 6.24. The van der Waals surface area contributed by atoms with Crippen molar-refractivity contribution in [1.29, 1.82) is 0 Å². The van der Waals surface area contributed by atoms with Crippen molar-refractivity contribution in [2.75, 3.05) is 13.2 Å². The van der Waals surface area contributed by atoms with Gasteiger partial charge in [0.1, 0.15) is 5.60 Å². The zero-order chi connectivity index (χ0) is 10.9. The molecule has 0 saturated carbocycles. The predicted molar refractivity (Wildman–Crippen MR) is 59.9 cm³/mol. The maximum Gasteiger partial charge on any atom is 0.113 e. The molecule has 1 aliphatic heterocycles. The lowest BCUT2D eigenvalue weighted by atomic mass is 9.87. The standard InChI is InChI=1S/C13H18O2/c1-10-6-11(2)8-12(7-10)13(14)4-3-5-15-9-13/h6-8,14H,3-5,9H2,1-2H3. The normalized spacial score (nSPS) is 26.6. The van der Waals surface area contributed by atoms with Gasteiger partial charge < -0.3 is 9.84 Å². The van der Waals surface area contributed by atoms with Crippen molar-refractivity contribution in [2.24, 2.45) is 0 Å². The third-order valence-corrected chi connectivity index (χ3v) is 2.98. The molecule has 1 aromatic rings. The zero-order valence-electron chi connectivity index (χ0n) is 9.42. The Morgan fingerprint density at radius 1 is 1.20 bits per heavy atom. The van der Waals surface area contributed by atoms with Crippen LogP contribution in [0.4, 0.5) is 0 Å². The van der Waals surface area contributed by atoms with E-state index in [-0.39, 0.29) is 0 Å². The Hall–Kier alpha value is -0.860. The summed E-state index contributed by atoms with van der Waals surface area (Å²) in [4.78, 5) is 0. The van der Waals surface area contributed by atoms with Crippen LogP contribution >= 0.6 is 0 Å². The van der Waals surface area contributed by atoms with Crippen LogP contribution in [0, 0.1) is 13.8 Å². The Labute approximate surface area is 90.9 Å². The van der Waals surface area contributed by atoms with Crippen LogP contribution in [0.5, 0.6) is 0 Å². The van der Waals surface area contributed by atoms with Crippen molar-refractivity contribution >= 4 is 0 Å². The van der Waals surface area contributed by atoms with Gasteiger partial charge in [0.05, 0.1) is 6.61 Å². The smallest absolute Gasteiger partial charge is 0.113 e. The van der Waals surface area contributed by atoms with Crippen LogP contribution in [0.2, 0.25) is 0 Å². The van der Waals surface area contributed by atoms with E-state index in [0.29, 0.717) is 6.61 Å². The molecule has 0 amide bonds. The molecule has 2 heteroatoms. The van der Waals surface area contributed by atoms with Gasteiger partial charge in [-0.05, 0) is 32.3 Å². The van der Waals surface area contributed by atoms with E-state index < -0.39 is 5.60 Å². The van der Waals surface area contributed by atoms with E-state index in [1.807, 2.05) is 0 Å². The number of hydrogen-bond donors (Lipinski definition) is 1. The fraction of sp³-hybridized carbons (Fsp3) is 0.538. The first-order chi connectivity index (χ1) is 7.10. The fourth-order valence-electron chi connectivity index (χ4n) is 2.25. The van der Waals surface area contributed by atoms with Crippen molar-refractivity contribution in [2.45, 2.75) is 32.3 Å². The Balaban J connectivity index is 2.34. The molecule has 0 radical (unpaired) electrons. The number of ether oxygens (including phenoxy) is 1. The molecular formula is C13H18O2. The summed E-state index contributed by atoms with van der Waals surface area (Å²) < 4.78 is 5.37. The molecule has 1 aromatic carbocycles. The fourth-order valence-corrected chi connectivity index (χ4v) is 2.25. The van der Waals surface area contributed by atoms with Gasteiger partial charge in [-0.2, -0.15) is 0 Å². The third-order valence-electron chi connectivity index (χ3n) is 2.98. The summed E-state index contributed by atoms with van der Waals surface area (Å²) in [5.74, 6) is 0. The molecule has 1 atom stereocenters. The first-order valence-corrected chi connectivity index (χ1v) is 5.49. The van der Waals surface area contributed by atoms with Crippen LogP contribution in [-0.4, -0.2) is 18.3 Å². The molecule has 1 heterocycles. The minimum atomic E-state index is -0.769. The van der Waals surface area contributed by atoms with Gasteiger partial charge in [0.15, 0.2) is 0 Å². The van der Waals surface area contributed by atoms with Crippen LogP contribution in [0.15, 0.2) is 18.2 Å². The van der Waals surface area contributed by atoms with Crippen molar-refractivity contribution < 1.29 is 9.84 Å². The maximum absolute atomic E-state index is 10.5. The molecule has 1 fully saturated rings. The Morgan fingerprint density at radius 2 is 1.87 bits per heavy atom. The average molecular weight is 206 g/mol. The van der Waals surface area contributed by atoms with E-state index in [0.717, 1.165) is 25.0 Å². The van der Waals surface area contributed by atoms with Gasteiger partial charge in [-0.25, -0.2) is 0 Å². The molecule has 1 N–H and O–H groups in total. The summed E-state index contributed by atoms with van der Waals surface area (Å²) >= 11 is 0. The molecule has 0 bridgehead atoms. The molecular weight excluding hydrogens is 188 g/mol. The lowest BCUT2D eigenvalue weighted by Crippen LogP contribution is -2.35. The van der Waals surface area contributed by atoms with E-state index in [1.165, 1.54) is 11.1 Å². The summed E-state index contributed by atoms with van der Waals surface area (Å²) in [6.45, 7) is 5.32. The largest absolute Gasteiger partial charge is 0.383 e. The lowest BCUT2D eigenvalue weighted by Gasteiger charge is -2.32. The second kappa shape index (κ2) is 3.95. The lowest BCUT2D eigenvalue weighted by molar-refractivity contribution is -0.0903. The highest BCUT2D eigenvalue weighted by Crippen LogP contribution is 2.31. The van der Waals surface area contributed by atoms with Gasteiger partial charge in [-0.3, -0.25) is 0 Å². The third kappa shape index (κ3) is 2.21. The summed E-state index contributed by atoms with van der Waals surface area (Å²) in [5.41, 5.74) is 2.63. The van der Waals surface area contributed by atoms with Crippen LogP contribution in [0.3, 0.4) is 0 Å². The topological polar surface area (TPSA) is 29.5 Å². The first kappa shape index (κ1) is 10.7. The van der Waals surface area contributed by atoms with Gasteiger partial charge in [-0.15, -0.1) is 0 Å². The summed E-state index contributed by atoms with van der Waals surface area (Å²) in [6.07, 6.45) is 1.74. The maximum atomic E-state index is 10.5. The van der Waals surface area contributed by atoms with Gasteiger partial charge in [0, 0.05) is 6.61 Å². The van der Waals surface area contributed by atoms with Gasteiger partial charge >= 0.3 is 0 Å². The van der Waals surface area contributed by atoms with Crippen LogP contribution in [0.1, 0.15) is 29.5 Å². The second-order valence-electron chi connectivity index (χ2n) is 4.56. The minimum Gasteiger partial charge on any atom is -0.383 e. The van der Waals surface area contributed by atoms with Gasteiger partial charge in [0.2, 0.25) is 0 Å². The first-order valence-electron chi connectivity index (χ1n) is 5.49. The molecule has 0 aliphatic carbocycles. The molecule has 82 valence electrons. The molecule has 1 aliphatic rings. The summed E-state index contributed by atoms with van der Waals surface area (Å²) in [5, 5.41) is 10.5. The molecule has 0 spiro atoms. The van der Waals surface area contributed by atoms with Gasteiger partial charge in [0.25, 0.3) is 0 Å². The van der Waals surface area contributed by atoms with E-state index >= 15 is 0 Å². The highest BCUT2D eigenvalue weighted by Gasteiger charge is 2.32. The van der Waals surface area contributed by atoms with Crippen molar-refractivity contribution in [3.63, 3.8) is 0 Å². The van der Waals surface area contributed by atoms with Crippen molar-refractivity contribution in [3.05, 3.63) is 34.9 Å². The van der Waals surface area contributed by atoms with E-state index in [9.17, 15) is 5.11 Å². The van der Waals surface area contributed by atoms with Gasteiger partial charge in [-0.1, -0.05) is 29.3 Å². The van der Waals surface area contributed by atoms with Crippen molar-refractivity contribution in [3.8, 4) is 0 Å². The Morgan fingerprint density at radius 3 is 2.40 bits per heavy atom. The Kier molecular flexibility index (Phi) is 2.81. The molecule has 2 nitrogen and oxygen atoms in total. The molecule has 1 saturated heterocycles. The van der Waals surface area contributed by atoms with Crippen LogP contribution < -0.4 is 0 Å². The monoisotopic (exact) mass is 206 g/mol. The number of hydrogen-bond acceptors (Lipinski definition) is 2. The van der Waals surface area contributed by atoms with E-state index in [1.54, 1.807) is 0 Å². The number of aryl methyl sites for hydroxylation is 2. The summed E-state index contributed by atoms with van der Waals surface area (Å²) in [7, 11) is 0. The van der Waals surface area contributed by atoms with Crippen LogP contribution in [-0.2, 0) is 10.3 Å². The number of rotatable bonds is 1. The molecule has 1 unspecified atom stereocenters. The number of aliphatic hydroxyl groups is 1. The minimum absolute atomic E-state index is 0.426. The second-order valence-corrected chi connectivity index (χ2v) is 4.56. The zero-order valence-corrected chi connectivity index (χ0v) is 9.42. The Bertz CT molecular complexity index is 331. The predicted octanol–water partition coefficient (Wildman–Crippen LogP) is 2.30. The highest BCUT2D eigenvalue weighted by atomic mass is 16.5. The average Bonchev–Trinajstić information content (AvgIpc) is 2.17. The van der Waals surface area contributed by atoms with Crippen molar-refractivity contribution in [1.82, 2.24) is 0 Å². The SMILES string of the molecule is Cc1cc(C)cc(C2(O)CCCOC2)c1. The van der Waals surface area contributed by atoms with E-state index in [2.05, 4.69) is 32.0 Å². The van der Waals surface area contributed by atoms with E-state index in [4.69, 9.17) is 4.74 Å².